The van der Waals surface area contributed by atoms with Gasteiger partial charge in [-0.15, -0.1) is 0 Å². The predicted octanol–water partition coefficient (Wildman–Crippen LogP) is 7.07. The third-order valence-electron chi connectivity index (χ3n) is 9.34. The van der Waals surface area contributed by atoms with Gasteiger partial charge in [0.2, 0.25) is 11.8 Å². The van der Waals surface area contributed by atoms with E-state index in [0.717, 1.165) is 32.7 Å². The van der Waals surface area contributed by atoms with Gasteiger partial charge >= 0.3 is 5.97 Å². The van der Waals surface area contributed by atoms with Gasteiger partial charge in [-0.3, -0.25) is 19.6 Å². The Bertz CT molecular complexity index is 2530. The minimum absolute atomic E-state index is 0.0190. The van der Waals surface area contributed by atoms with E-state index >= 15 is 0 Å². The first-order chi connectivity index (χ1) is 27.7. The average molecular weight is 763 g/mol. The molecule has 0 aliphatic heterocycles. The molecule has 7 aromatic rings. The number of nitrogens with two attached hydrogens (primary N) is 2. The van der Waals surface area contributed by atoms with Gasteiger partial charge in [-0.05, 0) is 101 Å². The number of amides is 2. The van der Waals surface area contributed by atoms with E-state index in [9.17, 15) is 19.5 Å². The molecule has 2 aromatic heterocycles. The van der Waals surface area contributed by atoms with Gasteiger partial charge < -0.3 is 36.7 Å². The van der Waals surface area contributed by atoms with Crippen molar-refractivity contribution in [2.24, 2.45) is 11.5 Å². The maximum atomic E-state index is 13.0. The molecule has 12 heteroatoms. The summed E-state index contributed by atoms with van der Waals surface area (Å²) in [5.74, 6) is -1.17. The SMILES string of the molecule is COc1cc(C(CN)C(=O)Nc2ccc3cnccc3c2)ccc1O.Cc1cc(C(CN)C(=O)Nc2ccc3cnccc3c2)ccc1OC(=O)c1ccccc1. The Morgan fingerprint density at radius 3 is 1.72 bits per heavy atom. The third-order valence-corrected chi connectivity index (χ3v) is 9.34. The first-order valence-electron chi connectivity index (χ1n) is 18.1. The lowest BCUT2D eigenvalue weighted by Gasteiger charge is -2.17. The summed E-state index contributed by atoms with van der Waals surface area (Å²) < 4.78 is 10.6. The van der Waals surface area contributed by atoms with Crippen molar-refractivity contribution in [3.05, 3.63) is 162 Å². The van der Waals surface area contributed by atoms with Crippen LogP contribution in [0.15, 0.2) is 140 Å². The van der Waals surface area contributed by atoms with Gasteiger partial charge in [-0.2, -0.15) is 0 Å². The molecule has 12 nitrogen and oxygen atoms in total. The molecule has 0 saturated carbocycles. The lowest BCUT2D eigenvalue weighted by Crippen LogP contribution is -2.27. The highest BCUT2D eigenvalue weighted by molar-refractivity contribution is 5.99. The zero-order chi connectivity index (χ0) is 40.3. The zero-order valence-electron chi connectivity index (χ0n) is 31.4. The zero-order valence-corrected chi connectivity index (χ0v) is 31.4. The quantitative estimate of drug-likeness (QED) is 0.0673. The Morgan fingerprint density at radius 2 is 1.19 bits per heavy atom. The topological polar surface area (TPSA) is 192 Å². The smallest absolute Gasteiger partial charge is 0.343 e. The molecule has 0 aliphatic rings. The van der Waals surface area contributed by atoms with Crippen molar-refractivity contribution in [2.45, 2.75) is 18.8 Å². The second kappa shape index (κ2) is 18.5. The number of aromatic nitrogens is 2. The van der Waals surface area contributed by atoms with Crippen molar-refractivity contribution in [1.29, 1.82) is 0 Å². The summed E-state index contributed by atoms with van der Waals surface area (Å²) in [6.45, 7) is 2.11. The maximum absolute atomic E-state index is 13.0. The molecule has 0 saturated heterocycles. The fraction of sp³-hybridized carbons (Fsp3) is 0.133. The Hall–Kier alpha value is -7.15. The summed E-state index contributed by atoms with van der Waals surface area (Å²) in [6.07, 6.45) is 6.97. The Balaban J connectivity index is 0.000000199. The molecule has 2 amide bonds. The van der Waals surface area contributed by atoms with Crippen LogP contribution in [0.1, 0.15) is 38.9 Å². The van der Waals surface area contributed by atoms with E-state index in [0.29, 0.717) is 34.0 Å². The van der Waals surface area contributed by atoms with E-state index < -0.39 is 17.8 Å². The highest BCUT2D eigenvalue weighted by atomic mass is 16.5. The van der Waals surface area contributed by atoms with Crippen LogP contribution in [0.3, 0.4) is 0 Å². The second-order valence-electron chi connectivity index (χ2n) is 13.1. The van der Waals surface area contributed by atoms with E-state index in [1.54, 1.807) is 73.3 Å². The Labute approximate surface area is 329 Å². The summed E-state index contributed by atoms with van der Waals surface area (Å²) in [7, 11) is 1.46. The molecule has 0 aliphatic carbocycles. The molecule has 0 radical (unpaired) electrons. The van der Waals surface area contributed by atoms with Crippen LogP contribution < -0.4 is 31.6 Å². The number of hydrogen-bond donors (Lipinski definition) is 5. The number of aromatic hydroxyl groups is 1. The summed E-state index contributed by atoms with van der Waals surface area (Å²) in [4.78, 5) is 46.1. The number of carbonyl (C=O) groups excluding carboxylic acids is 3. The van der Waals surface area contributed by atoms with Crippen LogP contribution in [0.4, 0.5) is 11.4 Å². The molecular formula is C45H42N6O6. The van der Waals surface area contributed by atoms with Crippen LogP contribution in [0.5, 0.6) is 17.2 Å². The van der Waals surface area contributed by atoms with Crippen molar-refractivity contribution >= 4 is 50.7 Å². The predicted molar refractivity (Wildman–Crippen MR) is 222 cm³/mol. The van der Waals surface area contributed by atoms with Crippen molar-refractivity contribution in [1.82, 2.24) is 9.97 Å². The number of hydrogen-bond acceptors (Lipinski definition) is 10. The highest BCUT2D eigenvalue weighted by Crippen LogP contribution is 2.31. The average Bonchev–Trinajstić information content (AvgIpc) is 3.23. The third kappa shape index (κ3) is 9.75. The molecule has 0 spiro atoms. The number of nitrogens with zero attached hydrogens (tertiary/aromatic N) is 2. The van der Waals surface area contributed by atoms with Crippen LogP contribution in [-0.2, 0) is 9.59 Å². The molecule has 7 rings (SSSR count). The fourth-order valence-corrected chi connectivity index (χ4v) is 6.22. The van der Waals surface area contributed by atoms with Crippen molar-refractivity contribution in [3.8, 4) is 17.2 Å². The standard InChI is InChI=1S/C26H23N3O3.C19H19N3O3/c1-17-13-20(8-10-24(17)32-26(31)18-5-3-2-4-6-18)23(15-27)25(30)29-22-9-7-21-16-28-12-11-19(21)14-22;1-25-18-9-13(3-5-17(18)23)16(10-20)19(24)22-15-4-2-14-11-21-7-6-12(14)8-15/h2-14,16,23H,15,27H2,1H3,(H,29,30);2-9,11,16,23H,10,20H2,1H3,(H,22,24). The Kier molecular flexibility index (Phi) is 12.8. The van der Waals surface area contributed by atoms with Gasteiger partial charge in [0, 0.05) is 60.0 Å². The molecule has 2 atom stereocenters. The van der Waals surface area contributed by atoms with Crippen LogP contribution in [0, 0.1) is 6.92 Å². The van der Waals surface area contributed by atoms with Crippen molar-refractivity contribution in [2.75, 3.05) is 30.8 Å². The van der Waals surface area contributed by atoms with Crippen LogP contribution in [0.25, 0.3) is 21.5 Å². The number of aryl methyl sites for hydroxylation is 1. The molecule has 0 fully saturated rings. The molecule has 57 heavy (non-hydrogen) atoms. The summed E-state index contributed by atoms with van der Waals surface area (Å²) >= 11 is 0. The number of esters is 1. The number of methoxy groups -OCH3 is 1. The highest BCUT2D eigenvalue weighted by Gasteiger charge is 2.22. The fourth-order valence-electron chi connectivity index (χ4n) is 6.22. The number of anilines is 2. The van der Waals surface area contributed by atoms with Gasteiger partial charge in [-0.25, -0.2) is 4.79 Å². The van der Waals surface area contributed by atoms with Gasteiger partial charge in [0.25, 0.3) is 0 Å². The number of rotatable bonds is 11. The number of ether oxygens (including phenoxy) is 2. The molecule has 2 unspecified atom stereocenters. The number of carbonyl (C=O) groups is 3. The molecule has 0 bridgehead atoms. The summed E-state index contributed by atoms with van der Waals surface area (Å²) in [5.41, 5.74) is 15.8. The van der Waals surface area contributed by atoms with Crippen molar-refractivity contribution < 1.29 is 29.0 Å². The minimum atomic E-state index is -0.553. The molecule has 7 N–H and O–H groups in total. The number of phenols is 1. The number of phenolic OH excluding ortho intramolecular Hbond substituents is 1. The first kappa shape index (κ1) is 39.5. The largest absolute Gasteiger partial charge is 0.504 e. The van der Waals surface area contributed by atoms with Crippen LogP contribution >= 0.6 is 0 Å². The maximum Gasteiger partial charge on any atom is 0.343 e. The molecule has 288 valence electrons. The first-order valence-corrected chi connectivity index (χ1v) is 18.1. The lowest BCUT2D eigenvalue weighted by molar-refractivity contribution is -0.118. The monoisotopic (exact) mass is 762 g/mol. The van der Waals surface area contributed by atoms with Crippen LogP contribution in [-0.4, -0.2) is 53.1 Å². The number of pyridine rings is 2. The van der Waals surface area contributed by atoms with Crippen molar-refractivity contribution in [3.63, 3.8) is 0 Å². The second-order valence-corrected chi connectivity index (χ2v) is 13.1. The normalized spacial score (nSPS) is 11.8. The van der Waals surface area contributed by atoms with E-state index in [4.69, 9.17) is 20.9 Å². The van der Waals surface area contributed by atoms with Crippen LogP contribution in [0.2, 0.25) is 0 Å². The van der Waals surface area contributed by atoms with E-state index in [1.165, 1.54) is 13.2 Å². The van der Waals surface area contributed by atoms with E-state index in [-0.39, 0.29) is 30.7 Å². The van der Waals surface area contributed by atoms with Gasteiger partial charge in [-0.1, -0.05) is 48.5 Å². The summed E-state index contributed by atoms with van der Waals surface area (Å²) in [6, 6.07) is 33.9. The minimum Gasteiger partial charge on any atom is -0.504 e. The van der Waals surface area contributed by atoms with E-state index in [2.05, 4.69) is 20.6 Å². The molecular weight excluding hydrogens is 721 g/mol. The lowest BCUT2D eigenvalue weighted by atomic mass is 9.96. The molecule has 2 heterocycles. The Morgan fingerprint density at radius 1 is 0.649 bits per heavy atom. The molecule has 5 aromatic carbocycles. The summed E-state index contributed by atoms with van der Waals surface area (Å²) in [5, 5.41) is 19.5. The number of benzene rings is 5. The van der Waals surface area contributed by atoms with E-state index in [1.807, 2.05) is 67.6 Å². The number of nitrogens with one attached hydrogen (secondary N) is 2. The van der Waals surface area contributed by atoms with Gasteiger partial charge in [0.1, 0.15) is 5.75 Å². The van der Waals surface area contributed by atoms with Gasteiger partial charge in [0.15, 0.2) is 11.5 Å². The van der Waals surface area contributed by atoms with Gasteiger partial charge in [0.05, 0.1) is 24.5 Å². The number of fused-ring (bicyclic) bond motifs is 2.